The molecule has 0 spiro atoms. The predicted octanol–water partition coefficient (Wildman–Crippen LogP) is 5.59. The zero-order valence-electron chi connectivity index (χ0n) is 22.7. The van der Waals surface area contributed by atoms with E-state index in [2.05, 4.69) is 33.8 Å². The van der Waals surface area contributed by atoms with E-state index in [1.807, 2.05) is 20.8 Å². The Morgan fingerprint density at radius 1 is 1.00 bits per heavy atom. The summed E-state index contributed by atoms with van der Waals surface area (Å²) < 4.78 is 0. The molecule has 5 aliphatic rings. The Morgan fingerprint density at radius 3 is 2.29 bits per heavy atom. The number of fused-ring (bicyclic) bond motifs is 7. The molecule has 0 bridgehead atoms. The lowest BCUT2D eigenvalue weighted by molar-refractivity contribution is -0.215. The van der Waals surface area contributed by atoms with Gasteiger partial charge in [-0.2, -0.15) is 0 Å². The first-order valence-corrected chi connectivity index (χ1v) is 13.7. The molecule has 194 valence electrons. The molecule has 9 atom stereocenters. The van der Waals surface area contributed by atoms with Crippen LogP contribution in [0.5, 0.6) is 0 Å². The Labute approximate surface area is 210 Å². The maximum atomic E-state index is 14.0. The lowest BCUT2D eigenvalue weighted by Crippen LogP contribution is -2.70. The maximum Gasteiger partial charge on any atom is 0.306 e. The highest BCUT2D eigenvalue weighted by Crippen LogP contribution is 2.75. The Morgan fingerprint density at radius 2 is 1.66 bits per heavy atom. The molecule has 4 fully saturated rings. The summed E-state index contributed by atoms with van der Waals surface area (Å²) in [6.07, 6.45) is 7.73. The van der Waals surface area contributed by atoms with Crippen LogP contribution in [0.15, 0.2) is 11.6 Å². The third kappa shape index (κ3) is 2.72. The number of allylic oxidation sites excluding steroid dienone is 1. The van der Waals surface area contributed by atoms with Gasteiger partial charge in [-0.3, -0.25) is 14.4 Å². The second-order valence-corrected chi connectivity index (χ2v) is 14.5. The molecule has 0 heterocycles. The van der Waals surface area contributed by atoms with E-state index in [0.29, 0.717) is 25.7 Å². The summed E-state index contributed by atoms with van der Waals surface area (Å²) >= 11 is 0. The number of aliphatic carboxylic acids is 1. The van der Waals surface area contributed by atoms with Crippen LogP contribution in [-0.2, 0) is 14.4 Å². The molecule has 0 aromatic rings. The van der Waals surface area contributed by atoms with Gasteiger partial charge in [-0.05, 0) is 66.3 Å². The van der Waals surface area contributed by atoms with E-state index in [9.17, 15) is 24.6 Å². The molecule has 5 nitrogen and oxygen atoms in total. The van der Waals surface area contributed by atoms with Gasteiger partial charge in [-0.1, -0.05) is 54.5 Å². The van der Waals surface area contributed by atoms with Crippen molar-refractivity contribution in [2.24, 2.45) is 50.7 Å². The molecule has 35 heavy (non-hydrogen) atoms. The summed E-state index contributed by atoms with van der Waals surface area (Å²) in [5, 5.41) is 22.6. The molecule has 9 unspecified atom stereocenters. The van der Waals surface area contributed by atoms with Crippen LogP contribution in [0.4, 0.5) is 0 Å². The highest BCUT2D eigenvalue weighted by atomic mass is 16.4. The van der Waals surface area contributed by atoms with E-state index >= 15 is 0 Å². The van der Waals surface area contributed by atoms with Crippen molar-refractivity contribution in [3.05, 3.63) is 11.6 Å². The van der Waals surface area contributed by atoms with Crippen LogP contribution in [-0.4, -0.2) is 33.3 Å². The largest absolute Gasteiger partial charge is 0.481 e. The molecule has 5 aliphatic carbocycles. The van der Waals surface area contributed by atoms with Crippen molar-refractivity contribution in [1.82, 2.24) is 0 Å². The average molecular weight is 485 g/mol. The van der Waals surface area contributed by atoms with Gasteiger partial charge >= 0.3 is 5.97 Å². The smallest absolute Gasteiger partial charge is 0.306 e. The first kappa shape index (κ1) is 25.2. The van der Waals surface area contributed by atoms with Gasteiger partial charge in [0.15, 0.2) is 0 Å². The minimum absolute atomic E-state index is 0.201. The van der Waals surface area contributed by atoms with Crippen molar-refractivity contribution in [3.63, 3.8) is 0 Å². The summed E-state index contributed by atoms with van der Waals surface area (Å²) in [6, 6.07) is 0. The second-order valence-electron chi connectivity index (χ2n) is 14.5. The standard InChI is InChI=1S/C30H44O5/c1-17-18(24(33)34)10-12-26(4)14-15-28(6)21(30(17,26)35)9-8-20-27(5)13-11-22(32)25(2,3)23(27)19(31)16-29(20,28)7/h9,17-18,20,23,35H,8,10-16H2,1-7H3,(H,33,34). The Hall–Kier alpha value is -1.49. The number of carboxylic acids is 1. The van der Waals surface area contributed by atoms with Crippen molar-refractivity contribution in [2.75, 3.05) is 0 Å². The highest BCUT2D eigenvalue weighted by molar-refractivity contribution is 5.95. The van der Waals surface area contributed by atoms with Crippen molar-refractivity contribution in [1.29, 1.82) is 0 Å². The molecule has 5 heteroatoms. The molecule has 0 amide bonds. The Bertz CT molecular complexity index is 1040. The SMILES string of the molecule is CC1C(C(=O)O)CCC2(C)CCC3(C)C(=CCC4C5(C)CCC(=O)C(C)(C)C5C(=O)CC43C)C12O. The van der Waals surface area contributed by atoms with E-state index in [-0.39, 0.29) is 39.6 Å². The number of rotatable bonds is 1. The molecule has 0 aromatic carbocycles. The minimum Gasteiger partial charge on any atom is -0.481 e. The maximum absolute atomic E-state index is 14.0. The highest BCUT2D eigenvalue weighted by Gasteiger charge is 2.73. The van der Waals surface area contributed by atoms with Crippen LogP contribution in [0.25, 0.3) is 0 Å². The van der Waals surface area contributed by atoms with Gasteiger partial charge in [-0.25, -0.2) is 0 Å². The van der Waals surface area contributed by atoms with Gasteiger partial charge in [0.2, 0.25) is 0 Å². The average Bonchev–Trinajstić information content (AvgIpc) is 2.74. The van der Waals surface area contributed by atoms with Gasteiger partial charge in [0.1, 0.15) is 11.6 Å². The monoisotopic (exact) mass is 484 g/mol. The number of hydrogen-bond donors (Lipinski definition) is 2. The van der Waals surface area contributed by atoms with Crippen LogP contribution in [0.2, 0.25) is 0 Å². The van der Waals surface area contributed by atoms with Gasteiger partial charge < -0.3 is 10.2 Å². The molecule has 0 aromatic heterocycles. The van der Waals surface area contributed by atoms with Crippen LogP contribution in [0.3, 0.4) is 0 Å². The number of carbonyl (C=O) groups is 3. The quantitative estimate of drug-likeness (QED) is 0.473. The minimum atomic E-state index is -1.20. The molecule has 0 aliphatic heterocycles. The topological polar surface area (TPSA) is 91.7 Å². The van der Waals surface area contributed by atoms with Crippen LogP contribution >= 0.6 is 0 Å². The first-order valence-electron chi connectivity index (χ1n) is 13.7. The molecular formula is C30H44O5. The fraction of sp³-hybridized carbons (Fsp3) is 0.833. The second kappa shape index (κ2) is 7.08. The van der Waals surface area contributed by atoms with Gasteiger partial charge in [0.25, 0.3) is 0 Å². The molecule has 5 rings (SSSR count). The lowest BCUT2D eigenvalue weighted by Gasteiger charge is -2.72. The zero-order valence-corrected chi connectivity index (χ0v) is 22.7. The summed E-state index contributed by atoms with van der Waals surface area (Å²) in [5.41, 5.74) is -2.22. The lowest BCUT2D eigenvalue weighted by atomic mass is 9.32. The van der Waals surface area contributed by atoms with E-state index in [0.717, 1.165) is 31.3 Å². The molecule has 4 saturated carbocycles. The fourth-order valence-corrected chi connectivity index (χ4v) is 10.7. The predicted molar refractivity (Wildman–Crippen MR) is 133 cm³/mol. The van der Waals surface area contributed by atoms with Crippen molar-refractivity contribution in [2.45, 2.75) is 105 Å². The van der Waals surface area contributed by atoms with E-state index in [1.54, 1.807) is 0 Å². The van der Waals surface area contributed by atoms with Crippen molar-refractivity contribution in [3.8, 4) is 0 Å². The zero-order chi connectivity index (χ0) is 26.0. The van der Waals surface area contributed by atoms with Gasteiger partial charge in [-0.15, -0.1) is 0 Å². The van der Waals surface area contributed by atoms with E-state index < -0.39 is 34.2 Å². The van der Waals surface area contributed by atoms with Gasteiger partial charge in [0, 0.05) is 35.5 Å². The fourth-order valence-electron chi connectivity index (χ4n) is 10.7. The molecule has 0 saturated heterocycles. The molecule has 2 N–H and O–H groups in total. The van der Waals surface area contributed by atoms with Crippen LogP contribution in [0.1, 0.15) is 99.8 Å². The Balaban J connectivity index is 1.67. The van der Waals surface area contributed by atoms with Crippen LogP contribution < -0.4 is 0 Å². The van der Waals surface area contributed by atoms with Crippen molar-refractivity contribution >= 4 is 17.5 Å². The number of carbonyl (C=O) groups excluding carboxylic acids is 2. The van der Waals surface area contributed by atoms with E-state index in [1.165, 1.54) is 0 Å². The van der Waals surface area contributed by atoms with Gasteiger partial charge in [0.05, 0.1) is 11.5 Å². The molecular weight excluding hydrogens is 440 g/mol. The third-order valence-corrected chi connectivity index (χ3v) is 12.9. The first-order chi connectivity index (χ1) is 16.0. The molecule has 0 radical (unpaired) electrons. The summed E-state index contributed by atoms with van der Waals surface area (Å²) in [7, 11) is 0. The number of ketones is 2. The van der Waals surface area contributed by atoms with Crippen LogP contribution in [0, 0.1) is 50.7 Å². The van der Waals surface area contributed by atoms with Crippen molar-refractivity contribution < 1.29 is 24.6 Å². The number of aliphatic hydroxyl groups is 1. The normalized spacial score (nSPS) is 53.0. The number of carboxylic acid groups (broad SMARTS) is 1. The number of hydrogen-bond acceptors (Lipinski definition) is 4. The number of Topliss-reactive ketones (excluding diaryl/α,β-unsaturated/α-hetero) is 2. The van der Waals surface area contributed by atoms with E-state index in [4.69, 9.17) is 0 Å². The summed E-state index contributed by atoms with van der Waals surface area (Å²) in [5.74, 6) is -1.41. The Kier molecular flexibility index (Phi) is 5.09. The third-order valence-electron chi connectivity index (χ3n) is 12.9. The summed E-state index contributed by atoms with van der Waals surface area (Å²) in [6.45, 7) is 14.8. The summed E-state index contributed by atoms with van der Waals surface area (Å²) in [4.78, 5) is 39.0.